The fourth-order valence-electron chi connectivity index (χ4n) is 4.01. The maximum Gasteiger partial charge on any atom is 0.255 e. The van der Waals surface area contributed by atoms with Gasteiger partial charge in [0.1, 0.15) is 11.6 Å². The number of hydrogen-bond acceptors (Lipinski definition) is 3. The highest BCUT2D eigenvalue weighted by atomic mass is 19.1. The lowest BCUT2D eigenvalue weighted by Crippen LogP contribution is -2.37. The minimum atomic E-state index is -0.810. The number of nitrogens with two attached hydrogens (primary N) is 1. The summed E-state index contributed by atoms with van der Waals surface area (Å²) in [5.41, 5.74) is 6.93. The summed E-state index contributed by atoms with van der Waals surface area (Å²) in [7, 11) is 0. The van der Waals surface area contributed by atoms with Crippen LogP contribution in [0.1, 0.15) is 54.4 Å². The zero-order chi connectivity index (χ0) is 22.2. The number of nitrogens with zero attached hydrogens (tertiary/aromatic N) is 1. The van der Waals surface area contributed by atoms with Gasteiger partial charge < -0.3 is 16.0 Å². The molecule has 2 aromatic rings. The molecule has 1 fully saturated rings. The summed E-state index contributed by atoms with van der Waals surface area (Å²) in [5, 5.41) is 2.67. The Hall–Kier alpha value is -2.80. The van der Waals surface area contributed by atoms with E-state index in [2.05, 4.69) is 5.32 Å². The van der Waals surface area contributed by atoms with Gasteiger partial charge in [0.05, 0.1) is 0 Å². The minimum absolute atomic E-state index is 0.0669. The Morgan fingerprint density at radius 3 is 2.42 bits per heavy atom. The largest absolute Gasteiger partial charge is 0.338 e. The SMILES string of the molecule is NCCCN(Cc1cccc(NC(=O)c2cc(F)cc(F)c2)c1)C(=O)C1CCCCC1. The number of amides is 2. The third kappa shape index (κ3) is 6.59. The van der Waals surface area contributed by atoms with E-state index in [1.807, 2.05) is 11.0 Å². The topological polar surface area (TPSA) is 75.4 Å². The molecule has 0 unspecified atom stereocenters. The van der Waals surface area contributed by atoms with Crippen molar-refractivity contribution in [2.75, 3.05) is 18.4 Å². The van der Waals surface area contributed by atoms with Crippen molar-refractivity contribution in [1.29, 1.82) is 0 Å². The molecule has 0 atom stereocenters. The first-order valence-corrected chi connectivity index (χ1v) is 10.8. The van der Waals surface area contributed by atoms with Gasteiger partial charge in [-0.1, -0.05) is 31.4 Å². The Kier molecular flexibility index (Phi) is 8.12. The first-order valence-electron chi connectivity index (χ1n) is 10.8. The molecule has 31 heavy (non-hydrogen) atoms. The molecule has 2 amide bonds. The van der Waals surface area contributed by atoms with Crippen LogP contribution in [0.3, 0.4) is 0 Å². The van der Waals surface area contributed by atoms with Gasteiger partial charge in [0.2, 0.25) is 5.91 Å². The molecule has 3 rings (SSSR count). The predicted molar refractivity (Wildman–Crippen MR) is 116 cm³/mol. The van der Waals surface area contributed by atoms with Crippen LogP contribution in [0.15, 0.2) is 42.5 Å². The number of carbonyl (C=O) groups is 2. The van der Waals surface area contributed by atoms with Crippen LogP contribution >= 0.6 is 0 Å². The molecule has 0 aliphatic heterocycles. The normalized spacial score (nSPS) is 14.3. The third-order valence-electron chi connectivity index (χ3n) is 5.58. The Labute approximate surface area is 181 Å². The van der Waals surface area contributed by atoms with Gasteiger partial charge in [-0.05, 0) is 55.6 Å². The highest BCUT2D eigenvalue weighted by Crippen LogP contribution is 2.26. The number of nitrogens with one attached hydrogen (secondary N) is 1. The van der Waals surface area contributed by atoms with Crippen molar-refractivity contribution in [3.05, 3.63) is 65.2 Å². The first kappa shape index (κ1) is 22.9. The van der Waals surface area contributed by atoms with Crippen molar-refractivity contribution in [2.24, 2.45) is 11.7 Å². The molecule has 0 saturated heterocycles. The highest BCUT2D eigenvalue weighted by molar-refractivity contribution is 6.04. The smallest absolute Gasteiger partial charge is 0.255 e. The van der Waals surface area contributed by atoms with Crippen molar-refractivity contribution < 1.29 is 18.4 Å². The molecule has 0 spiro atoms. The van der Waals surface area contributed by atoms with E-state index in [1.54, 1.807) is 18.2 Å². The van der Waals surface area contributed by atoms with Crippen LogP contribution in [0, 0.1) is 17.6 Å². The van der Waals surface area contributed by atoms with Crippen LogP contribution in [-0.2, 0) is 11.3 Å². The molecule has 7 heteroatoms. The molecule has 0 aromatic heterocycles. The van der Waals surface area contributed by atoms with Crippen LogP contribution in [0.4, 0.5) is 14.5 Å². The molecular formula is C24H29F2N3O2. The lowest BCUT2D eigenvalue weighted by molar-refractivity contribution is -0.137. The van der Waals surface area contributed by atoms with E-state index in [9.17, 15) is 18.4 Å². The summed E-state index contributed by atoms with van der Waals surface area (Å²) in [6.07, 6.45) is 5.94. The summed E-state index contributed by atoms with van der Waals surface area (Å²) >= 11 is 0. The van der Waals surface area contributed by atoms with Crippen LogP contribution in [0.2, 0.25) is 0 Å². The number of anilines is 1. The number of benzene rings is 2. The maximum absolute atomic E-state index is 13.4. The average Bonchev–Trinajstić information content (AvgIpc) is 2.76. The molecule has 3 N–H and O–H groups in total. The monoisotopic (exact) mass is 429 g/mol. The molecule has 166 valence electrons. The van der Waals surface area contributed by atoms with Gasteiger partial charge >= 0.3 is 0 Å². The Morgan fingerprint density at radius 1 is 1.03 bits per heavy atom. The van der Waals surface area contributed by atoms with E-state index in [1.165, 1.54) is 6.42 Å². The molecular weight excluding hydrogens is 400 g/mol. The summed E-state index contributed by atoms with van der Waals surface area (Å²) < 4.78 is 26.8. The van der Waals surface area contributed by atoms with Crippen molar-refractivity contribution in [3.63, 3.8) is 0 Å². The van der Waals surface area contributed by atoms with E-state index in [0.717, 1.165) is 55.9 Å². The third-order valence-corrected chi connectivity index (χ3v) is 5.58. The number of hydrogen-bond donors (Lipinski definition) is 2. The predicted octanol–water partition coefficient (Wildman–Crippen LogP) is 4.47. The average molecular weight is 430 g/mol. The molecule has 0 heterocycles. The summed E-state index contributed by atoms with van der Waals surface area (Å²) in [6, 6.07) is 9.84. The van der Waals surface area contributed by atoms with Crippen LogP contribution in [0.25, 0.3) is 0 Å². The van der Waals surface area contributed by atoms with Crippen LogP contribution < -0.4 is 11.1 Å². The molecule has 1 saturated carbocycles. The Bertz CT molecular complexity index is 893. The Balaban J connectivity index is 1.70. The summed E-state index contributed by atoms with van der Waals surface area (Å²) in [5.74, 6) is -1.99. The zero-order valence-electron chi connectivity index (χ0n) is 17.6. The van der Waals surface area contributed by atoms with Gasteiger partial charge in [0.25, 0.3) is 5.91 Å². The zero-order valence-corrected chi connectivity index (χ0v) is 17.6. The second kappa shape index (κ2) is 11.0. The maximum atomic E-state index is 13.4. The van der Waals surface area contributed by atoms with E-state index >= 15 is 0 Å². The minimum Gasteiger partial charge on any atom is -0.338 e. The van der Waals surface area contributed by atoms with Gasteiger partial charge in [0.15, 0.2) is 0 Å². The standard InChI is InChI=1S/C24H29F2N3O2/c25-20-13-19(14-21(26)15-20)23(30)28-22-9-4-6-17(12-22)16-29(11-5-10-27)24(31)18-7-2-1-3-8-18/h4,6,9,12-15,18H,1-3,5,7-8,10-11,16,27H2,(H,28,30). The molecule has 1 aliphatic rings. The van der Waals surface area contributed by atoms with Gasteiger partial charge in [0, 0.05) is 36.3 Å². The van der Waals surface area contributed by atoms with Gasteiger partial charge in [-0.3, -0.25) is 9.59 Å². The van der Waals surface area contributed by atoms with E-state index < -0.39 is 17.5 Å². The second-order valence-corrected chi connectivity index (χ2v) is 8.05. The summed E-state index contributed by atoms with van der Waals surface area (Å²) in [6.45, 7) is 1.52. The summed E-state index contributed by atoms with van der Waals surface area (Å²) in [4.78, 5) is 27.3. The van der Waals surface area contributed by atoms with Gasteiger partial charge in [-0.2, -0.15) is 0 Å². The molecule has 5 nitrogen and oxygen atoms in total. The fraction of sp³-hybridized carbons (Fsp3) is 0.417. The molecule has 2 aromatic carbocycles. The highest BCUT2D eigenvalue weighted by Gasteiger charge is 2.25. The lowest BCUT2D eigenvalue weighted by Gasteiger charge is -2.29. The number of halogens is 2. The number of rotatable bonds is 8. The van der Waals surface area contributed by atoms with Crippen LogP contribution in [-0.4, -0.2) is 29.8 Å². The van der Waals surface area contributed by atoms with E-state index in [0.29, 0.717) is 25.3 Å². The number of carbonyl (C=O) groups excluding carboxylic acids is 2. The van der Waals surface area contributed by atoms with Crippen molar-refractivity contribution >= 4 is 17.5 Å². The van der Waals surface area contributed by atoms with Crippen molar-refractivity contribution in [1.82, 2.24) is 4.90 Å². The molecule has 1 aliphatic carbocycles. The van der Waals surface area contributed by atoms with Crippen molar-refractivity contribution in [3.8, 4) is 0 Å². The molecule has 0 bridgehead atoms. The van der Waals surface area contributed by atoms with Crippen LogP contribution in [0.5, 0.6) is 0 Å². The Morgan fingerprint density at radius 2 is 1.74 bits per heavy atom. The van der Waals surface area contributed by atoms with Crippen molar-refractivity contribution in [2.45, 2.75) is 45.1 Å². The first-order chi connectivity index (χ1) is 15.0. The fourth-order valence-corrected chi connectivity index (χ4v) is 4.01. The lowest BCUT2D eigenvalue weighted by atomic mass is 9.88. The van der Waals surface area contributed by atoms with Gasteiger partial charge in [-0.25, -0.2) is 8.78 Å². The molecule has 0 radical (unpaired) electrons. The van der Waals surface area contributed by atoms with E-state index in [-0.39, 0.29) is 17.4 Å². The van der Waals surface area contributed by atoms with Gasteiger partial charge in [-0.15, -0.1) is 0 Å². The second-order valence-electron chi connectivity index (χ2n) is 8.05. The quantitative estimate of drug-likeness (QED) is 0.650. The van der Waals surface area contributed by atoms with E-state index in [4.69, 9.17) is 5.73 Å².